The first kappa shape index (κ1) is 17.3. The molecule has 0 aromatic carbocycles. The number of hydrogen-bond acceptors (Lipinski definition) is 5. The lowest BCUT2D eigenvalue weighted by Crippen LogP contribution is -2.37. The van der Waals surface area contributed by atoms with Crippen LogP contribution in [0.25, 0.3) is 0 Å². The number of carbonyl (C=O) groups excluding carboxylic acids is 2. The molecule has 0 radical (unpaired) electrons. The van der Waals surface area contributed by atoms with Crippen molar-refractivity contribution in [3.8, 4) is 0 Å². The molecule has 132 valence electrons. The fourth-order valence-corrected chi connectivity index (χ4v) is 3.90. The van der Waals surface area contributed by atoms with E-state index < -0.39 is 0 Å². The third-order valence-corrected chi connectivity index (χ3v) is 5.38. The molecule has 1 aliphatic rings. The van der Waals surface area contributed by atoms with Crippen molar-refractivity contribution in [3.05, 3.63) is 49.8 Å². The molecule has 2 amide bonds. The second kappa shape index (κ2) is 6.79. The van der Waals surface area contributed by atoms with E-state index in [4.69, 9.17) is 0 Å². The number of carbonyl (C=O) groups is 2. The fraction of sp³-hybridized carbons (Fsp3) is 0.412. The first-order valence-corrected chi connectivity index (χ1v) is 8.85. The summed E-state index contributed by atoms with van der Waals surface area (Å²) in [5.41, 5.74) is 0.779. The zero-order valence-corrected chi connectivity index (χ0v) is 15.3. The quantitative estimate of drug-likeness (QED) is 0.793. The summed E-state index contributed by atoms with van der Waals surface area (Å²) >= 11 is 1.39. The summed E-state index contributed by atoms with van der Waals surface area (Å²) in [6.45, 7) is 1.00. The van der Waals surface area contributed by atoms with E-state index >= 15 is 0 Å². The van der Waals surface area contributed by atoms with E-state index in [2.05, 4.69) is 4.98 Å². The lowest BCUT2D eigenvalue weighted by molar-refractivity contribution is 0.0759. The van der Waals surface area contributed by atoms with Crippen molar-refractivity contribution in [2.24, 2.45) is 7.05 Å². The van der Waals surface area contributed by atoms with Crippen LogP contribution in [0.3, 0.4) is 0 Å². The highest BCUT2D eigenvalue weighted by molar-refractivity contribution is 7.13. The normalized spacial score (nSPS) is 14.0. The van der Waals surface area contributed by atoms with Crippen molar-refractivity contribution in [3.63, 3.8) is 0 Å². The Kier molecular flexibility index (Phi) is 4.71. The molecule has 2 aromatic rings. The predicted molar refractivity (Wildman–Crippen MR) is 95.1 cm³/mol. The van der Waals surface area contributed by atoms with Crippen LogP contribution in [-0.2, 0) is 19.9 Å². The van der Waals surface area contributed by atoms with Crippen LogP contribution in [0.1, 0.15) is 30.7 Å². The predicted octanol–water partition coefficient (Wildman–Crippen LogP) is 0.785. The topological polar surface area (TPSA) is 75.5 Å². The molecule has 0 bridgehead atoms. The molecule has 3 rings (SSSR count). The van der Waals surface area contributed by atoms with E-state index in [-0.39, 0.29) is 22.9 Å². The highest BCUT2D eigenvalue weighted by atomic mass is 32.1. The molecule has 0 fully saturated rings. The molecule has 8 heteroatoms. The van der Waals surface area contributed by atoms with Gasteiger partial charge in [-0.1, -0.05) is 0 Å². The Morgan fingerprint density at radius 3 is 2.68 bits per heavy atom. The molecular formula is C17H20N4O3S. The fourth-order valence-electron chi connectivity index (χ4n) is 2.78. The van der Waals surface area contributed by atoms with Gasteiger partial charge < -0.3 is 14.4 Å². The maximum atomic E-state index is 12.7. The summed E-state index contributed by atoms with van der Waals surface area (Å²) < 4.78 is 1.41. The minimum absolute atomic E-state index is 0.0983. The van der Waals surface area contributed by atoms with Gasteiger partial charge in [0.05, 0.1) is 5.69 Å². The molecular weight excluding hydrogens is 340 g/mol. The van der Waals surface area contributed by atoms with Crippen LogP contribution < -0.4 is 5.56 Å². The number of rotatable bonds is 2. The van der Waals surface area contributed by atoms with Crippen molar-refractivity contribution in [1.29, 1.82) is 0 Å². The van der Waals surface area contributed by atoms with Crippen LogP contribution in [-0.4, -0.2) is 58.4 Å². The zero-order chi connectivity index (χ0) is 18.1. The largest absolute Gasteiger partial charge is 0.343 e. The van der Waals surface area contributed by atoms with Gasteiger partial charge in [-0.05, 0) is 12.1 Å². The van der Waals surface area contributed by atoms with Gasteiger partial charge in [0.15, 0.2) is 5.01 Å². The van der Waals surface area contributed by atoms with Gasteiger partial charge in [-0.25, -0.2) is 4.98 Å². The number of pyridine rings is 1. The molecule has 0 spiro atoms. The SMILES string of the molecule is CN(C)C(=O)c1nc2c(s1)CCN(C(=O)c1cccn(C)c1=O)CC2. The second-order valence-electron chi connectivity index (χ2n) is 6.22. The van der Waals surface area contributed by atoms with E-state index in [1.807, 2.05) is 0 Å². The van der Waals surface area contributed by atoms with Gasteiger partial charge >= 0.3 is 0 Å². The molecule has 0 saturated heterocycles. The first-order valence-electron chi connectivity index (χ1n) is 8.03. The van der Waals surface area contributed by atoms with E-state index in [0.717, 1.165) is 10.6 Å². The molecule has 0 saturated carbocycles. The molecule has 0 atom stereocenters. The Balaban J connectivity index is 1.78. The number of amides is 2. The lowest BCUT2D eigenvalue weighted by Gasteiger charge is -2.20. The molecule has 0 aliphatic carbocycles. The number of hydrogen-bond donors (Lipinski definition) is 0. The van der Waals surface area contributed by atoms with Gasteiger partial charge in [-0.15, -0.1) is 11.3 Å². The van der Waals surface area contributed by atoms with Crippen molar-refractivity contribution >= 4 is 23.2 Å². The number of fused-ring (bicyclic) bond motifs is 1. The van der Waals surface area contributed by atoms with Gasteiger partial charge in [0.1, 0.15) is 5.56 Å². The van der Waals surface area contributed by atoms with E-state index in [9.17, 15) is 14.4 Å². The maximum Gasteiger partial charge on any atom is 0.282 e. The van der Waals surface area contributed by atoms with Crippen molar-refractivity contribution < 1.29 is 9.59 Å². The smallest absolute Gasteiger partial charge is 0.282 e. The van der Waals surface area contributed by atoms with Gasteiger partial charge in [-0.3, -0.25) is 14.4 Å². The first-order chi connectivity index (χ1) is 11.9. The van der Waals surface area contributed by atoms with Gasteiger partial charge in [0, 0.05) is 58.1 Å². The van der Waals surface area contributed by atoms with Gasteiger partial charge in [-0.2, -0.15) is 0 Å². The van der Waals surface area contributed by atoms with Crippen LogP contribution in [0.5, 0.6) is 0 Å². The summed E-state index contributed by atoms with van der Waals surface area (Å²) in [4.78, 5) is 45.6. The third kappa shape index (κ3) is 3.34. The Labute approximate surface area is 149 Å². The maximum absolute atomic E-state index is 12.7. The van der Waals surface area contributed by atoms with Gasteiger partial charge in [0.25, 0.3) is 17.4 Å². The molecule has 3 heterocycles. The molecule has 0 N–H and O–H groups in total. The summed E-state index contributed by atoms with van der Waals surface area (Å²) in [6.07, 6.45) is 2.87. The second-order valence-corrected chi connectivity index (χ2v) is 7.30. The summed E-state index contributed by atoms with van der Waals surface area (Å²) in [7, 11) is 5.04. The highest BCUT2D eigenvalue weighted by Gasteiger charge is 2.25. The van der Waals surface area contributed by atoms with Crippen molar-refractivity contribution in [1.82, 2.24) is 19.4 Å². The number of thiazole rings is 1. The highest BCUT2D eigenvalue weighted by Crippen LogP contribution is 2.24. The molecule has 2 aromatic heterocycles. The average molecular weight is 360 g/mol. The third-order valence-electron chi connectivity index (χ3n) is 4.24. The van der Waals surface area contributed by atoms with Crippen molar-refractivity contribution in [2.45, 2.75) is 12.8 Å². The molecule has 0 unspecified atom stereocenters. The average Bonchev–Trinajstić information content (AvgIpc) is 2.89. The zero-order valence-electron chi connectivity index (χ0n) is 14.5. The van der Waals surface area contributed by atoms with E-state index in [1.165, 1.54) is 20.8 Å². The van der Waals surface area contributed by atoms with Crippen LogP contribution in [0.2, 0.25) is 0 Å². The minimum Gasteiger partial charge on any atom is -0.343 e. The number of aromatic nitrogens is 2. The standard InChI is InChI=1S/C17H20N4O3S/c1-19(2)17(24)14-18-12-6-9-21(10-7-13(12)25-14)16(23)11-5-4-8-20(3)15(11)22/h4-5,8H,6-7,9-10H2,1-3H3. The Bertz CT molecular complexity index is 859. The van der Waals surface area contributed by atoms with Crippen LogP contribution in [0.4, 0.5) is 0 Å². The summed E-state index contributed by atoms with van der Waals surface area (Å²) in [5.74, 6) is -0.347. The van der Waals surface area contributed by atoms with Gasteiger partial charge in [0.2, 0.25) is 0 Å². The van der Waals surface area contributed by atoms with E-state index in [1.54, 1.807) is 44.4 Å². The van der Waals surface area contributed by atoms with E-state index in [0.29, 0.717) is 30.9 Å². The molecule has 7 nitrogen and oxygen atoms in total. The lowest BCUT2D eigenvalue weighted by atomic mass is 10.2. The van der Waals surface area contributed by atoms with Crippen LogP contribution in [0, 0.1) is 0 Å². The van der Waals surface area contributed by atoms with Crippen LogP contribution in [0.15, 0.2) is 23.1 Å². The Morgan fingerprint density at radius 2 is 1.96 bits per heavy atom. The monoisotopic (exact) mass is 360 g/mol. The summed E-state index contributed by atoms with van der Waals surface area (Å²) in [6, 6.07) is 3.27. The Hall–Kier alpha value is -2.48. The van der Waals surface area contributed by atoms with Crippen LogP contribution >= 0.6 is 11.3 Å². The number of nitrogens with zero attached hydrogens (tertiary/aromatic N) is 4. The van der Waals surface area contributed by atoms with Crippen molar-refractivity contribution in [2.75, 3.05) is 27.2 Å². The summed E-state index contributed by atoms with van der Waals surface area (Å²) in [5, 5.41) is 0.492. The minimum atomic E-state index is -0.288. The molecule has 25 heavy (non-hydrogen) atoms. The number of aryl methyl sites for hydroxylation is 1. The molecule has 1 aliphatic heterocycles. The Morgan fingerprint density at radius 1 is 1.24 bits per heavy atom.